The predicted molar refractivity (Wildman–Crippen MR) is 68.7 cm³/mol. The molecule has 2 atom stereocenters. The van der Waals surface area contributed by atoms with Crippen molar-refractivity contribution in [2.75, 3.05) is 6.61 Å². The number of carbonyl (C=O) groups is 1. The third-order valence-electron chi connectivity index (χ3n) is 3.97. The monoisotopic (exact) mass is 242 g/mol. The SMILES string of the molecule is CCC(NC1CCOC(CC)(CC)C1)C(N)=O. The smallest absolute Gasteiger partial charge is 0.234 e. The number of carbonyl (C=O) groups excluding carboxylic acids is 1. The van der Waals surface area contributed by atoms with Gasteiger partial charge in [-0.3, -0.25) is 4.79 Å². The van der Waals surface area contributed by atoms with Crippen molar-refractivity contribution in [3.63, 3.8) is 0 Å². The number of hydrogen-bond acceptors (Lipinski definition) is 3. The van der Waals surface area contributed by atoms with Crippen LogP contribution < -0.4 is 11.1 Å². The molecule has 1 fully saturated rings. The summed E-state index contributed by atoms with van der Waals surface area (Å²) < 4.78 is 5.91. The van der Waals surface area contributed by atoms with Crippen molar-refractivity contribution >= 4 is 5.91 Å². The molecule has 0 spiro atoms. The minimum absolute atomic E-state index is 0.00808. The molecule has 1 saturated heterocycles. The van der Waals surface area contributed by atoms with Crippen LogP contribution in [0.3, 0.4) is 0 Å². The number of nitrogens with one attached hydrogen (secondary N) is 1. The molecular formula is C13H26N2O2. The van der Waals surface area contributed by atoms with E-state index in [1.54, 1.807) is 0 Å². The highest BCUT2D eigenvalue weighted by Gasteiger charge is 2.35. The van der Waals surface area contributed by atoms with Crippen LogP contribution in [0.4, 0.5) is 0 Å². The zero-order chi connectivity index (χ0) is 12.9. The van der Waals surface area contributed by atoms with Crippen LogP contribution in [0.15, 0.2) is 0 Å². The molecule has 1 heterocycles. The van der Waals surface area contributed by atoms with E-state index in [9.17, 15) is 4.79 Å². The molecule has 100 valence electrons. The maximum Gasteiger partial charge on any atom is 0.234 e. The molecule has 0 aliphatic carbocycles. The van der Waals surface area contributed by atoms with Gasteiger partial charge in [0.2, 0.25) is 5.91 Å². The van der Waals surface area contributed by atoms with Crippen LogP contribution in [0.2, 0.25) is 0 Å². The maximum absolute atomic E-state index is 11.2. The Labute approximate surface area is 104 Å². The Morgan fingerprint density at radius 3 is 2.59 bits per heavy atom. The van der Waals surface area contributed by atoms with Crippen molar-refractivity contribution in [1.29, 1.82) is 0 Å². The van der Waals surface area contributed by atoms with E-state index in [4.69, 9.17) is 10.5 Å². The van der Waals surface area contributed by atoms with Gasteiger partial charge in [-0.1, -0.05) is 20.8 Å². The fourth-order valence-corrected chi connectivity index (χ4v) is 2.60. The largest absolute Gasteiger partial charge is 0.375 e. The van der Waals surface area contributed by atoms with E-state index in [1.807, 2.05) is 6.92 Å². The fraction of sp³-hybridized carbons (Fsp3) is 0.923. The van der Waals surface area contributed by atoms with Crippen LogP contribution in [0.25, 0.3) is 0 Å². The van der Waals surface area contributed by atoms with Crippen LogP contribution in [-0.4, -0.2) is 30.2 Å². The summed E-state index contributed by atoms with van der Waals surface area (Å²) in [6.07, 6.45) is 4.73. The number of amides is 1. The lowest BCUT2D eigenvalue weighted by Crippen LogP contribution is -2.52. The third-order valence-corrected chi connectivity index (χ3v) is 3.97. The second-order valence-corrected chi connectivity index (χ2v) is 4.96. The van der Waals surface area contributed by atoms with Crippen LogP contribution >= 0.6 is 0 Å². The fourth-order valence-electron chi connectivity index (χ4n) is 2.60. The van der Waals surface area contributed by atoms with Crippen molar-refractivity contribution in [2.45, 2.75) is 70.6 Å². The Morgan fingerprint density at radius 2 is 2.12 bits per heavy atom. The molecule has 17 heavy (non-hydrogen) atoms. The summed E-state index contributed by atoms with van der Waals surface area (Å²) in [6, 6.07) is 0.144. The highest BCUT2D eigenvalue weighted by Crippen LogP contribution is 2.31. The van der Waals surface area contributed by atoms with Crippen molar-refractivity contribution in [2.24, 2.45) is 5.73 Å². The van der Waals surface area contributed by atoms with E-state index in [0.29, 0.717) is 6.04 Å². The Balaban J connectivity index is 2.57. The van der Waals surface area contributed by atoms with Gasteiger partial charge >= 0.3 is 0 Å². The molecule has 3 N–H and O–H groups in total. The van der Waals surface area contributed by atoms with Gasteiger partial charge in [-0.15, -0.1) is 0 Å². The average molecular weight is 242 g/mol. The van der Waals surface area contributed by atoms with Gasteiger partial charge in [-0.25, -0.2) is 0 Å². The number of nitrogens with two attached hydrogens (primary N) is 1. The molecule has 1 rings (SSSR count). The van der Waals surface area contributed by atoms with Crippen LogP contribution in [-0.2, 0) is 9.53 Å². The maximum atomic E-state index is 11.2. The standard InChI is InChI=1S/C13H26N2O2/c1-4-11(12(14)16)15-10-7-8-17-13(5-2,6-3)9-10/h10-11,15H,4-9H2,1-3H3,(H2,14,16). The molecule has 4 heteroatoms. The topological polar surface area (TPSA) is 64.3 Å². The second-order valence-electron chi connectivity index (χ2n) is 4.96. The summed E-state index contributed by atoms with van der Waals surface area (Å²) in [5, 5.41) is 3.37. The Morgan fingerprint density at radius 1 is 1.47 bits per heavy atom. The molecule has 1 amide bonds. The van der Waals surface area contributed by atoms with Gasteiger partial charge in [0.15, 0.2) is 0 Å². The third kappa shape index (κ3) is 3.68. The molecular weight excluding hydrogens is 216 g/mol. The van der Waals surface area contributed by atoms with E-state index < -0.39 is 0 Å². The molecule has 4 nitrogen and oxygen atoms in total. The van der Waals surface area contributed by atoms with E-state index >= 15 is 0 Å². The number of ether oxygens (including phenoxy) is 1. The van der Waals surface area contributed by atoms with E-state index in [-0.39, 0.29) is 17.6 Å². The van der Waals surface area contributed by atoms with Gasteiger partial charge in [-0.05, 0) is 32.1 Å². The molecule has 0 aromatic carbocycles. The van der Waals surface area contributed by atoms with E-state index in [0.717, 1.165) is 38.7 Å². The van der Waals surface area contributed by atoms with Crippen LogP contribution in [0.1, 0.15) is 52.9 Å². The van der Waals surface area contributed by atoms with Gasteiger partial charge in [0, 0.05) is 12.6 Å². The molecule has 0 saturated carbocycles. The zero-order valence-corrected chi connectivity index (χ0v) is 11.3. The molecule has 1 aliphatic rings. The predicted octanol–water partition coefficient (Wildman–Crippen LogP) is 1.58. The summed E-state index contributed by atoms with van der Waals surface area (Å²) >= 11 is 0. The molecule has 0 aromatic heterocycles. The first-order valence-corrected chi connectivity index (χ1v) is 6.76. The molecule has 0 aromatic rings. The van der Waals surface area contributed by atoms with Gasteiger partial charge < -0.3 is 15.8 Å². The highest BCUT2D eigenvalue weighted by molar-refractivity contribution is 5.79. The van der Waals surface area contributed by atoms with E-state index in [2.05, 4.69) is 19.2 Å². The minimum Gasteiger partial charge on any atom is -0.375 e. The molecule has 0 radical (unpaired) electrons. The number of rotatable bonds is 6. The average Bonchev–Trinajstić information content (AvgIpc) is 2.35. The Kier molecular flexibility index (Phi) is 5.40. The van der Waals surface area contributed by atoms with Gasteiger partial charge in [0.1, 0.15) is 0 Å². The first-order chi connectivity index (χ1) is 8.06. The molecule has 0 bridgehead atoms. The van der Waals surface area contributed by atoms with E-state index in [1.165, 1.54) is 0 Å². The van der Waals surface area contributed by atoms with Gasteiger partial charge in [0.05, 0.1) is 11.6 Å². The number of hydrogen-bond donors (Lipinski definition) is 2. The number of primary amides is 1. The highest BCUT2D eigenvalue weighted by atomic mass is 16.5. The van der Waals surface area contributed by atoms with Crippen molar-refractivity contribution in [3.05, 3.63) is 0 Å². The summed E-state index contributed by atoms with van der Waals surface area (Å²) in [5.41, 5.74) is 5.36. The lowest BCUT2D eigenvalue weighted by Gasteiger charge is -2.41. The first kappa shape index (κ1) is 14.5. The molecule has 1 aliphatic heterocycles. The lowest BCUT2D eigenvalue weighted by molar-refractivity contribution is -0.122. The van der Waals surface area contributed by atoms with Crippen molar-refractivity contribution < 1.29 is 9.53 Å². The van der Waals surface area contributed by atoms with Gasteiger partial charge in [-0.2, -0.15) is 0 Å². The summed E-state index contributed by atoms with van der Waals surface area (Å²) in [5.74, 6) is -0.252. The van der Waals surface area contributed by atoms with Crippen molar-refractivity contribution in [1.82, 2.24) is 5.32 Å². The quantitative estimate of drug-likeness (QED) is 0.743. The Bertz CT molecular complexity index is 252. The van der Waals surface area contributed by atoms with Crippen LogP contribution in [0.5, 0.6) is 0 Å². The van der Waals surface area contributed by atoms with Crippen LogP contribution in [0, 0.1) is 0 Å². The lowest BCUT2D eigenvalue weighted by atomic mass is 9.85. The summed E-state index contributed by atoms with van der Waals surface area (Å²) in [6.45, 7) is 7.08. The minimum atomic E-state index is -0.252. The zero-order valence-electron chi connectivity index (χ0n) is 11.3. The van der Waals surface area contributed by atoms with Crippen molar-refractivity contribution in [3.8, 4) is 0 Å². The Hall–Kier alpha value is -0.610. The first-order valence-electron chi connectivity index (χ1n) is 6.76. The van der Waals surface area contributed by atoms with Gasteiger partial charge in [0.25, 0.3) is 0 Å². The molecule has 2 unspecified atom stereocenters. The second kappa shape index (κ2) is 6.36. The normalized spacial score (nSPS) is 25.5. The summed E-state index contributed by atoms with van der Waals surface area (Å²) in [4.78, 5) is 11.2. The summed E-state index contributed by atoms with van der Waals surface area (Å²) in [7, 11) is 0.